The molecule has 3 aromatic carbocycles. The number of nitrogens with zero attached hydrogens (tertiary/aromatic N) is 1. The number of hydrogen-bond donors (Lipinski definition) is 1. The molecule has 9 nitrogen and oxygen atoms in total. The van der Waals surface area contributed by atoms with Gasteiger partial charge in [-0.2, -0.15) is 5.26 Å². The van der Waals surface area contributed by atoms with Gasteiger partial charge in [-0.1, -0.05) is 24.3 Å². The van der Waals surface area contributed by atoms with Gasteiger partial charge in [-0.25, -0.2) is 4.79 Å². The maximum Gasteiger partial charge on any atom is 0.344 e. The van der Waals surface area contributed by atoms with Gasteiger partial charge in [-0.3, -0.25) is 10.1 Å². The van der Waals surface area contributed by atoms with Gasteiger partial charge in [0.1, 0.15) is 34.6 Å². The minimum absolute atomic E-state index is 0.0637. The van der Waals surface area contributed by atoms with Gasteiger partial charge in [0.2, 0.25) is 5.88 Å². The summed E-state index contributed by atoms with van der Waals surface area (Å²) in [7, 11) is 3.12. The number of carbonyl (C=O) groups is 2. The molecule has 1 amide bonds. The Kier molecular flexibility index (Phi) is 8.49. The van der Waals surface area contributed by atoms with E-state index >= 15 is 0 Å². The van der Waals surface area contributed by atoms with Crippen LogP contribution in [0.1, 0.15) is 11.1 Å². The number of carbonyl (C=O) groups excluding carboxylic acids is 2. The lowest BCUT2D eigenvalue weighted by Crippen LogP contribution is -2.23. The predicted molar refractivity (Wildman–Crippen MR) is 144 cm³/mol. The minimum atomic E-state index is -0.718. The van der Waals surface area contributed by atoms with Crippen molar-refractivity contribution in [1.82, 2.24) is 0 Å². The zero-order valence-corrected chi connectivity index (χ0v) is 21.6. The van der Waals surface area contributed by atoms with Crippen molar-refractivity contribution in [3.63, 3.8) is 0 Å². The number of anilines is 1. The average Bonchev–Trinajstić information content (AvgIpc) is 3.32. The van der Waals surface area contributed by atoms with Crippen LogP contribution in [-0.4, -0.2) is 39.3 Å². The molecule has 1 aromatic heterocycles. The van der Waals surface area contributed by atoms with Crippen molar-refractivity contribution in [3.8, 4) is 45.8 Å². The average molecular weight is 527 g/mol. The molecule has 0 saturated heterocycles. The van der Waals surface area contributed by atoms with Crippen LogP contribution >= 0.6 is 0 Å². The Morgan fingerprint density at radius 3 is 2.10 bits per heavy atom. The van der Waals surface area contributed by atoms with Gasteiger partial charge in [-0.15, -0.1) is 0 Å². The van der Waals surface area contributed by atoms with E-state index in [4.69, 9.17) is 23.4 Å². The van der Waals surface area contributed by atoms with Crippen LogP contribution in [0.15, 0.2) is 77.2 Å². The smallest absolute Gasteiger partial charge is 0.344 e. The van der Waals surface area contributed by atoms with Crippen molar-refractivity contribution in [3.05, 3.63) is 83.9 Å². The normalized spacial score (nSPS) is 10.3. The topological polar surface area (TPSA) is 120 Å². The Bertz CT molecular complexity index is 1500. The summed E-state index contributed by atoms with van der Waals surface area (Å²) >= 11 is 0. The summed E-state index contributed by atoms with van der Waals surface area (Å²) in [5, 5.41) is 12.6. The molecule has 0 bridgehead atoms. The van der Waals surface area contributed by atoms with E-state index in [9.17, 15) is 14.9 Å². The van der Waals surface area contributed by atoms with Crippen molar-refractivity contribution < 1.29 is 33.0 Å². The molecule has 1 N–H and O–H groups in total. The molecule has 0 aliphatic rings. The molecule has 0 radical (unpaired) electrons. The van der Waals surface area contributed by atoms with Crippen LogP contribution in [0.2, 0.25) is 0 Å². The fourth-order valence-electron chi connectivity index (χ4n) is 3.80. The molecule has 198 valence electrons. The van der Waals surface area contributed by atoms with E-state index < -0.39 is 18.5 Å². The maximum atomic E-state index is 12.6. The van der Waals surface area contributed by atoms with Crippen LogP contribution in [0.3, 0.4) is 0 Å². The number of hydrogen-bond acceptors (Lipinski definition) is 8. The van der Waals surface area contributed by atoms with Crippen LogP contribution in [-0.2, 0) is 14.3 Å². The van der Waals surface area contributed by atoms with Crippen molar-refractivity contribution in [1.29, 1.82) is 5.26 Å². The van der Waals surface area contributed by atoms with Crippen molar-refractivity contribution in [2.75, 3.05) is 32.8 Å². The highest BCUT2D eigenvalue weighted by molar-refractivity contribution is 5.96. The Balaban J connectivity index is 1.53. The summed E-state index contributed by atoms with van der Waals surface area (Å²) in [6.45, 7) is 0.960. The summed E-state index contributed by atoms with van der Waals surface area (Å²) in [4.78, 5) is 24.7. The van der Waals surface area contributed by atoms with E-state index in [1.54, 1.807) is 80.9 Å². The molecule has 1 heterocycles. The predicted octanol–water partition coefficient (Wildman–Crippen LogP) is 5.37. The van der Waals surface area contributed by atoms with E-state index in [1.807, 2.05) is 13.0 Å². The number of furan rings is 1. The number of nitrogens with one attached hydrogen (secondary N) is 1. The summed E-state index contributed by atoms with van der Waals surface area (Å²) in [6, 6.07) is 23.5. The van der Waals surface area contributed by atoms with E-state index in [0.717, 1.165) is 5.56 Å². The maximum absolute atomic E-state index is 12.6. The first-order chi connectivity index (χ1) is 18.9. The Labute approximate surface area is 225 Å². The van der Waals surface area contributed by atoms with Crippen molar-refractivity contribution >= 4 is 17.8 Å². The van der Waals surface area contributed by atoms with Gasteiger partial charge < -0.3 is 23.4 Å². The van der Waals surface area contributed by atoms with Crippen molar-refractivity contribution in [2.24, 2.45) is 0 Å². The van der Waals surface area contributed by atoms with Gasteiger partial charge in [0.25, 0.3) is 5.91 Å². The number of benzene rings is 3. The van der Waals surface area contributed by atoms with Crippen LogP contribution < -0.4 is 19.5 Å². The van der Waals surface area contributed by atoms with E-state index in [1.165, 1.54) is 0 Å². The molecule has 0 unspecified atom stereocenters. The van der Waals surface area contributed by atoms with E-state index in [2.05, 4.69) is 11.4 Å². The summed E-state index contributed by atoms with van der Waals surface area (Å²) in [5.41, 5.74) is 2.94. The Morgan fingerprint density at radius 1 is 0.872 bits per heavy atom. The van der Waals surface area contributed by atoms with E-state index in [0.29, 0.717) is 39.7 Å². The van der Waals surface area contributed by atoms with Gasteiger partial charge in [0, 0.05) is 11.1 Å². The second-order valence-electron chi connectivity index (χ2n) is 8.39. The molecule has 0 aliphatic heterocycles. The minimum Gasteiger partial charge on any atom is -0.497 e. The summed E-state index contributed by atoms with van der Waals surface area (Å²) in [6.07, 6.45) is 0. The zero-order valence-electron chi connectivity index (χ0n) is 21.6. The van der Waals surface area contributed by atoms with Crippen molar-refractivity contribution in [2.45, 2.75) is 6.92 Å². The van der Waals surface area contributed by atoms with Gasteiger partial charge in [-0.05, 0) is 66.6 Å². The fourth-order valence-corrected chi connectivity index (χ4v) is 3.80. The largest absolute Gasteiger partial charge is 0.497 e. The standard InChI is InChI=1S/C30H26N2O7/c1-19-5-4-6-24(15-19)37-18-27(34)38-17-26(33)32-30-25(16-31)28(20-7-11-22(35-2)12-8-20)29(39-30)21-9-13-23(36-3)14-10-21/h4-15H,17-18H2,1-3H3,(H,32,33). The van der Waals surface area contributed by atoms with Crippen LogP contribution in [0, 0.1) is 18.3 Å². The van der Waals surface area contributed by atoms with Crippen LogP contribution in [0.25, 0.3) is 22.5 Å². The highest BCUT2D eigenvalue weighted by atomic mass is 16.6. The first-order valence-corrected chi connectivity index (χ1v) is 11.9. The molecule has 0 saturated carbocycles. The third kappa shape index (κ3) is 6.56. The fraction of sp³-hybridized carbons (Fsp3) is 0.167. The molecule has 0 fully saturated rings. The quantitative estimate of drug-likeness (QED) is 0.274. The number of amides is 1. The number of aryl methyl sites for hydroxylation is 1. The second-order valence-corrected chi connectivity index (χ2v) is 8.39. The second kappa shape index (κ2) is 12.3. The molecular weight excluding hydrogens is 500 g/mol. The zero-order chi connectivity index (χ0) is 27.8. The number of ether oxygens (including phenoxy) is 4. The van der Waals surface area contributed by atoms with Gasteiger partial charge >= 0.3 is 5.97 Å². The highest BCUT2D eigenvalue weighted by Crippen LogP contribution is 2.42. The molecular formula is C30H26N2O7. The van der Waals surface area contributed by atoms with Crippen LogP contribution in [0.4, 0.5) is 5.88 Å². The first-order valence-electron chi connectivity index (χ1n) is 11.9. The van der Waals surface area contributed by atoms with Gasteiger partial charge in [0.15, 0.2) is 13.2 Å². The molecule has 0 spiro atoms. The lowest BCUT2D eigenvalue weighted by molar-refractivity contribution is -0.149. The van der Waals surface area contributed by atoms with E-state index in [-0.39, 0.29) is 18.1 Å². The summed E-state index contributed by atoms with van der Waals surface area (Å²) < 4.78 is 26.9. The lowest BCUT2D eigenvalue weighted by atomic mass is 9.98. The number of methoxy groups -OCH3 is 2. The number of nitriles is 1. The molecule has 4 aromatic rings. The summed E-state index contributed by atoms with van der Waals surface area (Å²) in [5.74, 6) is 0.732. The van der Waals surface area contributed by atoms with Gasteiger partial charge in [0.05, 0.1) is 14.2 Å². The number of rotatable bonds is 10. The highest BCUT2D eigenvalue weighted by Gasteiger charge is 2.25. The SMILES string of the molecule is COc1ccc(-c2oc(NC(=O)COC(=O)COc3cccc(C)c3)c(C#N)c2-c2ccc(OC)cc2)cc1. The Hall–Kier alpha value is -5.23. The molecule has 9 heteroatoms. The molecule has 0 atom stereocenters. The van der Waals surface area contributed by atoms with Crippen LogP contribution in [0.5, 0.6) is 17.2 Å². The Morgan fingerprint density at radius 2 is 1.51 bits per heavy atom. The lowest BCUT2D eigenvalue weighted by Gasteiger charge is -2.07. The molecule has 4 rings (SSSR count). The molecule has 0 aliphatic carbocycles. The first kappa shape index (κ1) is 26.8. The third-order valence-corrected chi connectivity index (χ3v) is 5.71. The molecule has 39 heavy (non-hydrogen) atoms. The number of esters is 1. The monoisotopic (exact) mass is 526 g/mol. The third-order valence-electron chi connectivity index (χ3n) is 5.71.